The predicted molar refractivity (Wildman–Crippen MR) is 80.4 cm³/mol. The van der Waals surface area contributed by atoms with E-state index in [1.54, 1.807) is 25.2 Å². The fourth-order valence-electron chi connectivity index (χ4n) is 2.05. The third-order valence-electron chi connectivity index (χ3n) is 3.55. The summed E-state index contributed by atoms with van der Waals surface area (Å²) in [6, 6.07) is 5.19. The molecule has 0 atom stereocenters. The molecule has 0 aromatic heterocycles. The van der Waals surface area contributed by atoms with Crippen molar-refractivity contribution >= 4 is 17.5 Å². The van der Waals surface area contributed by atoms with Gasteiger partial charge in [-0.05, 0) is 31.5 Å². The number of carbonyl (C=O) groups excluding carboxylic acids is 2. The zero-order valence-corrected chi connectivity index (χ0v) is 12.6. The topological polar surface area (TPSA) is 79.5 Å². The molecule has 3 N–H and O–H groups in total. The molecule has 1 heterocycles. The van der Waals surface area contributed by atoms with Crippen LogP contribution in [0.2, 0.25) is 0 Å². The summed E-state index contributed by atoms with van der Waals surface area (Å²) in [4.78, 5) is 23.6. The van der Waals surface area contributed by atoms with Crippen LogP contribution < -0.4 is 16.0 Å². The van der Waals surface area contributed by atoms with E-state index in [1.165, 1.54) is 0 Å². The van der Waals surface area contributed by atoms with Crippen molar-refractivity contribution in [2.75, 3.05) is 32.1 Å². The number of benzene rings is 1. The van der Waals surface area contributed by atoms with Crippen LogP contribution in [0.15, 0.2) is 18.2 Å². The lowest BCUT2D eigenvalue weighted by molar-refractivity contribution is -0.130. The molecule has 21 heavy (non-hydrogen) atoms. The maximum absolute atomic E-state index is 11.9. The Kier molecular flexibility index (Phi) is 4.59. The Morgan fingerprint density at radius 3 is 2.67 bits per heavy atom. The van der Waals surface area contributed by atoms with Crippen molar-refractivity contribution in [3.8, 4) is 0 Å². The molecule has 2 rings (SSSR count). The second-order valence-electron chi connectivity index (χ2n) is 5.50. The van der Waals surface area contributed by atoms with Gasteiger partial charge in [-0.25, -0.2) is 0 Å². The lowest BCUT2D eigenvalue weighted by Crippen LogP contribution is -2.59. The number of carbonyl (C=O) groups is 2. The largest absolute Gasteiger partial charge is 0.363 e. The normalized spacial score (nSPS) is 16.0. The Morgan fingerprint density at radius 2 is 2.10 bits per heavy atom. The number of amides is 2. The monoisotopic (exact) mass is 291 g/mol. The maximum Gasteiger partial charge on any atom is 0.251 e. The maximum atomic E-state index is 11.9. The second kappa shape index (κ2) is 6.24. The first-order chi connectivity index (χ1) is 9.93. The van der Waals surface area contributed by atoms with Crippen LogP contribution in [0.4, 0.5) is 5.69 Å². The fraction of sp³-hybridized carbons (Fsp3) is 0.467. The van der Waals surface area contributed by atoms with Gasteiger partial charge in [0, 0.05) is 31.4 Å². The molecule has 0 saturated carbocycles. The summed E-state index contributed by atoms with van der Waals surface area (Å²) in [5.41, 5.74) is 1.78. The minimum Gasteiger partial charge on any atom is -0.363 e. The van der Waals surface area contributed by atoms with Gasteiger partial charge in [0.15, 0.2) is 0 Å². The van der Waals surface area contributed by atoms with Crippen LogP contribution in [-0.2, 0) is 9.53 Å². The van der Waals surface area contributed by atoms with Crippen LogP contribution in [0.25, 0.3) is 0 Å². The second-order valence-corrected chi connectivity index (χ2v) is 5.50. The molecule has 0 bridgehead atoms. The van der Waals surface area contributed by atoms with Gasteiger partial charge in [0.05, 0.1) is 5.60 Å². The third-order valence-corrected chi connectivity index (χ3v) is 3.55. The Morgan fingerprint density at radius 1 is 1.38 bits per heavy atom. The Balaban J connectivity index is 1.97. The molecule has 1 aliphatic rings. The molecular formula is C15H21N3O3. The van der Waals surface area contributed by atoms with Crippen molar-refractivity contribution < 1.29 is 14.3 Å². The van der Waals surface area contributed by atoms with Crippen LogP contribution >= 0.6 is 0 Å². The summed E-state index contributed by atoms with van der Waals surface area (Å²) in [6.45, 7) is 5.36. The number of nitrogens with one attached hydrogen (secondary N) is 3. The van der Waals surface area contributed by atoms with Gasteiger partial charge in [-0.2, -0.15) is 0 Å². The van der Waals surface area contributed by atoms with Gasteiger partial charge in [-0.3, -0.25) is 9.59 Å². The lowest BCUT2D eigenvalue weighted by atomic mass is 10.0. The smallest absolute Gasteiger partial charge is 0.251 e. The van der Waals surface area contributed by atoms with E-state index >= 15 is 0 Å². The Labute approximate surface area is 124 Å². The van der Waals surface area contributed by atoms with E-state index in [1.807, 2.05) is 13.8 Å². The summed E-state index contributed by atoms with van der Waals surface area (Å²) >= 11 is 0. The summed E-state index contributed by atoms with van der Waals surface area (Å²) < 4.78 is 5.58. The summed E-state index contributed by atoms with van der Waals surface area (Å²) in [7, 11) is 1.57. The highest BCUT2D eigenvalue weighted by Gasteiger charge is 2.33. The van der Waals surface area contributed by atoms with E-state index in [0.717, 1.165) is 18.7 Å². The number of hydrogen-bond donors (Lipinski definition) is 3. The van der Waals surface area contributed by atoms with Crippen molar-refractivity contribution in [1.29, 1.82) is 0 Å². The van der Waals surface area contributed by atoms with Crippen LogP contribution in [0.1, 0.15) is 22.8 Å². The fourth-order valence-corrected chi connectivity index (χ4v) is 2.05. The third kappa shape index (κ3) is 3.80. The van der Waals surface area contributed by atoms with Gasteiger partial charge >= 0.3 is 0 Å². The lowest BCUT2D eigenvalue weighted by Gasteiger charge is -2.38. The van der Waals surface area contributed by atoms with Crippen molar-refractivity contribution in [3.05, 3.63) is 29.3 Å². The molecule has 6 nitrogen and oxygen atoms in total. The zero-order valence-electron chi connectivity index (χ0n) is 12.6. The van der Waals surface area contributed by atoms with E-state index in [9.17, 15) is 9.59 Å². The van der Waals surface area contributed by atoms with E-state index < -0.39 is 0 Å². The molecule has 0 aliphatic carbocycles. The van der Waals surface area contributed by atoms with Gasteiger partial charge in [-0.15, -0.1) is 0 Å². The van der Waals surface area contributed by atoms with Crippen molar-refractivity contribution in [1.82, 2.24) is 10.6 Å². The van der Waals surface area contributed by atoms with Crippen molar-refractivity contribution in [2.45, 2.75) is 19.4 Å². The van der Waals surface area contributed by atoms with Crippen LogP contribution in [0.5, 0.6) is 0 Å². The minimum atomic E-state index is -0.254. The standard InChI is InChI=1S/C15H21N3O3/c1-10-4-5-11(14(20)16-3)6-12(10)18-13(19)7-21-15(2)8-17-9-15/h4-6,17H,7-9H2,1-3H3,(H,16,20)(H,18,19). The molecule has 0 unspecified atom stereocenters. The first-order valence-corrected chi connectivity index (χ1v) is 6.91. The number of ether oxygens (including phenoxy) is 1. The molecule has 0 spiro atoms. The molecule has 6 heteroatoms. The molecule has 1 saturated heterocycles. The van der Waals surface area contributed by atoms with Crippen molar-refractivity contribution in [2.24, 2.45) is 0 Å². The first-order valence-electron chi connectivity index (χ1n) is 6.91. The SMILES string of the molecule is CNC(=O)c1ccc(C)c(NC(=O)COC2(C)CNC2)c1. The predicted octanol–water partition coefficient (Wildman–Crippen LogP) is 0.672. The Hall–Kier alpha value is -1.92. The molecule has 1 fully saturated rings. The number of aryl methyl sites for hydroxylation is 1. The van der Waals surface area contributed by atoms with Crippen molar-refractivity contribution in [3.63, 3.8) is 0 Å². The number of anilines is 1. The number of hydrogen-bond acceptors (Lipinski definition) is 4. The zero-order chi connectivity index (χ0) is 15.5. The average molecular weight is 291 g/mol. The molecule has 114 valence electrons. The first kappa shape index (κ1) is 15.5. The molecular weight excluding hydrogens is 270 g/mol. The molecule has 1 aliphatic heterocycles. The average Bonchev–Trinajstić information content (AvgIpc) is 2.44. The molecule has 1 aromatic carbocycles. The van der Waals surface area contributed by atoms with Gasteiger partial charge in [0.2, 0.25) is 5.91 Å². The van der Waals surface area contributed by atoms with Gasteiger partial charge in [0.25, 0.3) is 5.91 Å². The van der Waals surface area contributed by atoms with E-state index in [-0.39, 0.29) is 24.0 Å². The molecule has 1 aromatic rings. The van der Waals surface area contributed by atoms with Gasteiger partial charge < -0.3 is 20.7 Å². The van der Waals surface area contributed by atoms with E-state index in [4.69, 9.17) is 4.74 Å². The van der Waals surface area contributed by atoms with Crippen LogP contribution in [0.3, 0.4) is 0 Å². The Bertz CT molecular complexity index is 553. The highest BCUT2D eigenvalue weighted by Crippen LogP contribution is 2.18. The quantitative estimate of drug-likeness (QED) is 0.745. The summed E-state index contributed by atoms with van der Waals surface area (Å²) in [5, 5.41) is 8.45. The van der Waals surface area contributed by atoms with Crippen LogP contribution in [-0.4, -0.2) is 44.2 Å². The van der Waals surface area contributed by atoms with E-state index in [2.05, 4.69) is 16.0 Å². The molecule has 0 radical (unpaired) electrons. The highest BCUT2D eigenvalue weighted by molar-refractivity contribution is 5.97. The number of rotatable bonds is 5. The summed E-state index contributed by atoms with van der Waals surface area (Å²) in [5.74, 6) is -0.407. The van der Waals surface area contributed by atoms with E-state index in [0.29, 0.717) is 11.3 Å². The van der Waals surface area contributed by atoms with Gasteiger partial charge in [0.1, 0.15) is 6.61 Å². The minimum absolute atomic E-state index is 0.00181. The highest BCUT2D eigenvalue weighted by atomic mass is 16.5. The van der Waals surface area contributed by atoms with Crippen LogP contribution in [0, 0.1) is 6.92 Å². The van der Waals surface area contributed by atoms with Gasteiger partial charge in [-0.1, -0.05) is 6.07 Å². The molecule has 2 amide bonds. The summed E-state index contributed by atoms with van der Waals surface area (Å²) in [6.07, 6.45) is 0.